The molecule has 5 nitrogen and oxygen atoms in total. The first-order chi connectivity index (χ1) is 11.0. The molecular formula is C18H17NO4. The highest BCUT2D eigenvalue weighted by Gasteiger charge is 2.10. The van der Waals surface area contributed by atoms with Gasteiger partial charge in [0.2, 0.25) is 5.69 Å². The van der Waals surface area contributed by atoms with Crippen LogP contribution in [0.5, 0.6) is 5.75 Å². The molecule has 0 atom stereocenters. The van der Waals surface area contributed by atoms with Crippen molar-refractivity contribution in [3.8, 4) is 5.75 Å². The van der Waals surface area contributed by atoms with E-state index >= 15 is 0 Å². The van der Waals surface area contributed by atoms with E-state index in [2.05, 4.69) is 0 Å². The Hall–Kier alpha value is -3.08. The van der Waals surface area contributed by atoms with Gasteiger partial charge in [-0.1, -0.05) is 18.2 Å². The fourth-order valence-corrected chi connectivity index (χ4v) is 2.15. The van der Waals surface area contributed by atoms with Crippen LogP contribution in [0.1, 0.15) is 21.5 Å². The lowest BCUT2D eigenvalue weighted by Gasteiger charge is -2.06. The van der Waals surface area contributed by atoms with E-state index in [1.165, 1.54) is 24.4 Å². The molecule has 0 bridgehead atoms. The number of carboxylic acid groups (broad SMARTS) is 1. The fraction of sp³-hybridized carbons (Fsp3) is 0.111. The number of hydrogen-bond donors (Lipinski definition) is 1. The average molecular weight is 311 g/mol. The maximum atomic E-state index is 12.1. The summed E-state index contributed by atoms with van der Waals surface area (Å²) in [5.74, 6) is -0.297. The Morgan fingerprint density at radius 3 is 2.65 bits per heavy atom. The average Bonchev–Trinajstić information content (AvgIpc) is 2.54. The Morgan fingerprint density at radius 2 is 2.00 bits per heavy atom. The van der Waals surface area contributed by atoms with E-state index in [0.29, 0.717) is 16.0 Å². The number of methoxy groups -OCH3 is 1. The molecule has 2 rings (SSSR count). The number of aryl methyl sites for hydroxylation is 1. The second kappa shape index (κ2) is 7.26. The van der Waals surface area contributed by atoms with Gasteiger partial charge in [-0.3, -0.25) is 0 Å². The van der Waals surface area contributed by atoms with E-state index in [0.717, 1.165) is 11.3 Å². The Morgan fingerprint density at radius 1 is 1.26 bits per heavy atom. The van der Waals surface area contributed by atoms with Crippen LogP contribution in [0.4, 0.5) is 5.69 Å². The van der Waals surface area contributed by atoms with Gasteiger partial charge in [0.05, 0.1) is 12.7 Å². The van der Waals surface area contributed by atoms with E-state index < -0.39 is 5.97 Å². The third-order valence-corrected chi connectivity index (χ3v) is 3.32. The molecule has 0 unspecified atom stereocenters. The first-order valence-corrected chi connectivity index (χ1v) is 6.98. The van der Waals surface area contributed by atoms with E-state index in [1.54, 1.807) is 26.2 Å². The molecule has 2 aromatic rings. The highest BCUT2D eigenvalue weighted by molar-refractivity contribution is 5.88. The highest BCUT2D eigenvalue weighted by Crippen LogP contribution is 2.20. The first kappa shape index (κ1) is 16.3. The Balaban J connectivity index is 2.23. The van der Waals surface area contributed by atoms with Crippen molar-refractivity contribution in [3.05, 3.63) is 70.4 Å². The van der Waals surface area contributed by atoms with Crippen molar-refractivity contribution in [2.45, 2.75) is 6.92 Å². The van der Waals surface area contributed by atoms with Crippen LogP contribution in [-0.4, -0.2) is 29.1 Å². The minimum Gasteiger partial charge on any atom is -0.618 e. The number of carbonyl (C=O) groups is 1. The molecule has 0 saturated heterocycles. The molecule has 118 valence electrons. The monoisotopic (exact) mass is 311 g/mol. The van der Waals surface area contributed by atoms with Crippen LogP contribution in [0.25, 0.3) is 6.08 Å². The summed E-state index contributed by atoms with van der Waals surface area (Å²) in [6.07, 6.45) is 4.76. The topological polar surface area (TPSA) is 72.6 Å². The van der Waals surface area contributed by atoms with E-state index in [1.807, 2.05) is 24.3 Å². The molecule has 0 aromatic heterocycles. The highest BCUT2D eigenvalue weighted by atomic mass is 16.5. The molecule has 0 amide bonds. The van der Waals surface area contributed by atoms with Crippen LogP contribution in [0.2, 0.25) is 0 Å². The van der Waals surface area contributed by atoms with Gasteiger partial charge in [0, 0.05) is 23.3 Å². The minimum absolute atomic E-state index is 0.157. The van der Waals surface area contributed by atoms with Gasteiger partial charge in [0.15, 0.2) is 6.21 Å². The normalized spacial score (nSPS) is 11.7. The standard InChI is InChI=1S/C18H17NO4/c1-13-12-15(18(20)21)9-10-16(13)19(22)11-5-7-14-6-3-4-8-17(14)23-2/h3-12H,1-2H3,(H,20,21). The number of benzene rings is 2. The molecule has 0 aliphatic heterocycles. The van der Waals surface area contributed by atoms with Gasteiger partial charge < -0.3 is 15.1 Å². The summed E-state index contributed by atoms with van der Waals surface area (Å²) in [6.45, 7) is 1.70. The molecule has 0 aliphatic carbocycles. The Labute approximate surface area is 134 Å². The number of rotatable bonds is 5. The zero-order valence-corrected chi connectivity index (χ0v) is 12.9. The Kier molecular flexibility index (Phi) is 5.15. The van der Waals surface area contributed by atoms with E-state index in [9.17, 15) is 10.0 Å². The minimum atomic E-state index is -1.02. The summed E-state index contributed by atoms with van der Waals surface area (Å²) in [5, 5.41) is 21.1. The third-order valence-electron chi connectivity index (χ3n) is 3.32. The molecule has 2 aromatic carbocycles. The summed E-state index contributed by atoms with van der Waals surface area (Å²) >= 11 is 0. The van der Waals surface area contributed by atoms with Crippen molar-refractivity contribution in [1.82, 2.24) is 0 Å². The van der Waals surface area contributed by atoms with Crippen LogP contribution in [-0.2, 0) is 0 Å². The van der Waals surface area contributed by atoms with Crippen molar-refractivity contribution in [2.24, 2.45) is 0 Å². The summed E-state index contributed by atoms with van der Waals surface area (Å²) in [7, 11) is 1.59. The lowest BCUT2D eigenvalue weighted by molar-refractivity contribution is -0.354. The molecule has 0 aliphatic rings. The van der Waals surface area contributed by atoms with Crippen molar-refractivity contribution in [2.75, 3.05) is 7.11 Å². The lowest BCUT2D eigenvalue weighted by atomic mass is 10.1. The predicted octanol–water partition coefficient (Wildman–Crippen LogP) is 3.63. The molecule has 1 N–H and O–H groups in total. The van der Waals surface area contributed by atoms with Gasteiger partial charge in [0.25, 0.3) is 0 Å². The van der Waals surface area contributed by atoms with Gasteiger partial charge >= 0.3 is 5.97 Å². The van der Waals surface area contributed by atoms with E-state index in [-0.39, 0.29) is 5.56 Å². The van der Waals surface area contributed by atoms with Gasteiger partial charge in [-0.2, -0.15) is 4.74 Å². The summed E-state index contributed by atoms with van der Waals surface area (Å²) in [6, 6.07) is 11.8. The van der Waals surface area contributed by atoms with E-state index in [4.69, 9.17) is 9.84 Å². The molecule has 23 heavy (non-hydrogen) atoms. The van der Waals surface area contributed by atoms with Crippen LogP contribution in [0.3, 0.4) is 0 Å². The zero-order chi connectivity index (χ0) is 16.8. The van der Waals surface area contributed by atoms with Crippen LogP contribution in [0.15, 0.2) is 48.5 Å². The van der Waals surface area contributed by atoms with Gasteiger partial charge in [-0.05, 0) is 31.2 Å². The third kappa shape index (κ3) is 3.97. The van der Waals surface area contributed by atoms with Gasteiger partial charge in [0.1, 0.15) is 5.75 Å². The first-order valence-electron chi connectivity index (χ1n) is 6.98. The molecule has 0 spiro atoms. The largest absolute Gasteiger partial charge is 0.618 e. The van der Waals surface area contributed by atoms with Crippen molar-refractivity contribution in [1.29, 1.82) is 0 Å². The molecule has 5 heteroatoms. The number of para-hydroxylation sites is 1. The van der Waals surface area contributed by atoms with Crippen molar-refractivity contribution < 1.29 is 19.4 Å². The smallest absolute Gasteiger partial charge is 0.335 e. The van der Waals surface area contributed by atoms with Crippen molar-refractivity contribution in [3.63, 3.8) is 0 Å². The second-order valence-corrected chi connectivity index (χ2v) is 4.88. The molecule has 0 saturated carbocycles. The summed E-state index contributed by atoms with van der Waals surface area (Å²) < 4.78 is 5.93. The zero-order valence-electron chi connectivity index (χ0n) is 12.9. The quantitative estimate of drug-likeness (QED) is 0.396. The maximum Gasteiger partial charge on any atom is 0.335 e. The van der Waals surface area contributed by atoms with Crippen molar-refractivity contribution >= 4 is 23.9 Å². The predicted molar refractivity (Wildman–Crippen MR) is 89.5 cm³/mol. The molecule has 0 heterocycles. The van der Waals surface area contributed by atoms with Crippen LogP contribution < -0.4 is 4.74 Å². The number of nitrogens with zero attached hydrogens (tertiary/aromatic N) is 1. The van der Waals surface area contributed by atoms with Crippen LogP contribution >= 0.6 is 0 Å². The fourth-order valence-electron chi connectivity index (χ4n) is 2.15. The second-order valence-electron chi connectivity index (χ2n) is 4.88. The van der Waals surface area contributed by atoms with Gasteiger partial charge in [-0.25, -0.2) is 4.79 Å². The van der Waals surface area contributed by atoms with Gasteiger partial charge in [-0.15, -0.1) is 0 Å². The maximum absolute atomic E-state index is 12.1. The SMILES string of the molecule is COc1ccccc1C=CC=[N+]([O-])c1ccc(C(=O)O)cc1C. The molecule has 0 fully saturated rings. The van der Waals surface area contributed by atoms with Crippen LogP contribution in [0, 0.1) is 12.1 Å². The molecular weight excluding hydrogens is 294 g/mol. The number of aromatic carboxylic acids is 1. The lowest BCUT2D eigenvalue weighted by Crippen LogP contribution is -2.01. The number of carboxylic acids is 1. The Bertz CT molecular complexity index is 778. The summed E-state index contributed by atoms with van der Waals surface area (Å²) in [4.78, 5) is 10.9. The summed E-state index contributed by atoms with van der Waals surface area (Å²) in [5.41, 5.74) is 2.02. The molecule has 0 radical (unpaired) electrons. The number of hydrogen-bond acceptors (Lipinski definition) is 3. The number of ether oxygens (including phenoxy) is 1. The number of allylic oxidation sites excluding steroid dienone is 1.